The number of nitrogens with zero attached hydrogens (tertiary/aromatic N) is 2. The van der Waals surface area contributed by atoms with Gasteiger partial charge in [0.15, 0.2) is 0 Å². The van der Waals surface area contributed by atoms with Gasteiger partial charge in [-0.25, -0.2) is 4.90 Å². The molecule has 0 spiro atoms. The van der Waals surface area contributed by atoms with Crippen LogP contribution in [-0.4, -0.2) is 16.4 Å². The molecule has 1 aromatic heterocycles. The zero-order valence-corrected chi connectivity index (χ0v) is 37.1. The number of amides is 2. The molecule has 4 heteroatoms. The van der Waals surface area contributed by atoms with Crippen molar-refractivity contribution in [2.45, 2.75) is 105 Å². The van der Waals surface area contributed by atoms with E-state index < -0.39 is 0 Å². The lowest BCUT2D eigenvalue weighted by molar-refractivity contribution is 0.0893. The molecule has 8 aromatic carbocycles. The number of hydrogen-bond acceptors (Lipinski definition) is 2. The van der Waals surface area contributed by atoms with Gasteiger partial charge in [0.1, 0.15) is 0 Å². The highest BCUT2D eigenvalue weighted by Gasteiger charge is 2.38. The zero-order valence-electron chi connectivity index (χ0n) is 37.1. The van der Waals surface area contributed by atoms with Gasteiger partial charge in [0.2, 0.25) is 0 Å². The van der Waals surface area contributed by atoms with Crippen LogP contribution in [0.2, 0.25) is 0 Å². The summed E-state index contributed by atoms with van der Waals surface area (Å²) in [6.45, 7) is 26.6. The third-order valence-corrected chi connectivity index (χ3v) is 13.3. The van der Waals surface area contributed by atoms with E-state index in [2.05, 4.69) is 185 Å². The van der Waals surface area contributed by atoms with Crippen LogP contribution in [0, 0.1) is 0 Å². The van der Waals surface area contributed by atoms with Crippen LogP contribution in [0.5, 0.6) is 0 Å². The minimum atomic E-state index is -0.290. The largest absolute Gasteiger partial charge is 0.309 e. The summed E-state index contributed by atoms with van der Waals surface area (Å²) in [5, 5.41) is 10.9. The average Bonchev–Trinajstić information content (AvgIpc) is 3.50. The summed E-state index contributed by atoms with van der Waals surface area (Å²) in [7, 11) is 0. The zero-order chi connectivity index (χ0) is 42.6. The molecule has 0 unspecified atom stereocenters. The third kappa shape index (κ3) is 5.42. The van der Waals surface area contributed by atoms with E-state index in [1.807, 2.05) is 12.1 Å². The molecule has 2 amide bonds. The number of hydrogen-bond donors (Lipinski definition) is 0. The molecule has 9 aromatic rings. The van der Waals surface area contributed by atoms with Crippen molar-refractivity contribution in [1.82, 2.24) is 4.57 Å². The number of imide groups is 1. The molecular weight excluding hydrogens is 733 g/mol. The lowest BCUT2D eigenvalue weighted by atomic mass is 9.80. The molecular formula is C56H54N2O2. The maximum absolute atomic E-state index is 14.9. The van der Waals surface area contributed by atoms with E-state index in [0.29, 0.717) is 16.8 Å². The Morgan fingerprint density at radius 1 is 0.367 bits per heavy atom. The Morgan fingerprint density at radius 3 is 1.33 bits per heavy atom. The molecule has 2 heterocycles. The summed E-state index contributed by atoms with van der Waals surface area (Å²) >= 11 is 0. The fourth-order valence-electron chi connectivity index (χ4n) is 9.92. The first kappa shape index (κ1) is 38.2. The van der Waals surface area contributed by atoms with Gasteiger partial charge in [-0.3, -0.25) is 9.59 Å². The van der Waals surface area contributed by atoms with Crippen molar-refractivity contribution in [3.8, 4) is 5.69 Å². The summed E-state index contributed by atoms with van der Waals surface area (Å²) < 4.78 is 2.45. The molecule has 10 rings (SSSR count). The highest BCUT2D eigenvalue weighted by Crippen LogP contribution is 2.48. The topological polar surface area (TPSA) is 42.3 Å². The number of rotatable bonds is 2. The Balaban J connectivity index is 1.22. The van der Waals surface area contributed by atoms with Gasteiger partial charge < -0.3 is 4.57 Å². The van der Waals surface area contributed by atoms with Crippen molar-refractivity contribution in [2.24, 2.45) is 0 Å². The highest BCUT2D eigenvalue weighted by molar-refractivity contribution is 6.42. The summed E-state index contributed by atoms with van der Waals surface area (Å²) in [6, 6.07) is 39.6. The Morgan fingerprint density at radius 2 is 0.817 bits per heavy atom. The van der Waals surface area contributed by atoms with Crippen molar-refractivity contribution < 1.29 is 9.59 Å². The smallest absolute Gasteiger partial charge is 0.265 e. The molecule has 300 valence electrons. The van der Waals surface area contributed by atoms with Gasteiger partial charge in [-0.1, -0.05) is 144 Å². The van der Waals surface area contributed by atoms with Crippen LogP contribution in [0.25, 0.3) is 70.6 Å². The molecule has 0 fully saturated rings. The number of aromatic nitrogens is 1. The molecule has 0 atom stereocenters. The van der Waals surface area contributed by atoms with Gasteiger partial charge in [-0.2, -0.15) is 0 Å². The van der Waals surface area contributed by atoms with E-state index in [0.717, 1.165) is 54.5 Å². The minimum absolute atomic E-state index is 0.0132. The number of benzene rings is 8. The fourth-order valence-corrected chi connectivity index (χ4v) is 9.92. The van der Waals surface area contributed by atoms with E-state index in [4.69, 9.17) is 0 Å². The molecule has 0 radical (unpaired) electrons. The summed E-state index contributed by atoms with van der Waals surface area (Å²) in [6.07, 6.45) is 0. The SMILES string of the molecule is CC(C)(C)c1ccc(C(C)(C)C)c(N2C(=O)c3ccc4c5cccc6c(-n7c8ccc(C(C)(C)C)cc8c8cc(C(C)(C)C)ccc87)ccc(c7ccc(c3c47)C2=O)c65)c1. The Kier molecular flexibility index (Phi) is 7.83. The van der Waals surface area contributed by atoms with E-state index in [-0.39, 0.29) is 33.5 Å². The second-order valence-electron chi connectivity index (χ2n) is 21.4. The van der Waals surface area contributed by atoms with Gasteiger partial charge >= 0.3 is 0 Å². The van der Waals surface area contributed by atoms with Gasteiger partial charge in [0.25, 0.3) is 11.8 Å². The van der Waals surface area contributed by atoms with Crippen LogP contribution < -0.4 is 4.90 Å². The first-order valence-corrected chi connectivity index (χ1v) is 21.4. The predicted octanol–water partition coefficient (Wildman–Crippen LogP) is 14.8. The molecule has 60 heavy (non-hydrogen) atoms. The molecule has 0 saturated heterocycles. The third-order valence-electron chi connectivity index (χ3n) is 13.3. The second-order valence-corrected chi connectivity index (χ2v) is 21.4. The molecule has 1 aliphatic rings. The fraction of sp³-hybridized carbons (Fsp3) is 0.286. The van der Waals surface area contributed by atoms with Crippen molar-refractivity contribution in [1.29, 1.82) is 0 Å². The van der Waals surface area contributed by atoms with Crippen molar-refractivity contribution in [3.63, 3.8) is 0 Å². The van der Waals surface area contributed by atoms with Crippen LogP contribution in [0.1, 0.15) is 126 Å². The lowest BCUT2D eigenvalue weighted by Gasteiger charge is -2.34. The van der Waals surface area contributed by atoms with Crippen molar-refractivity contribution in [3.05, 3.63) is 143 Å². The Hall–Kier alpha value is -6.00. The van der Waals surface area contributed by atoms with Crippen molar-refractivity contribution in [2.75, 3.05) is 4.90 Å². The molecule has 4 nitrogen and oxygen atoms in total. The van der Waals surface area contributed by atoms with E-state index in [1.165, 1.54) is 43.2 Å². The van der Waals surface area contributed by atoms with Gasteiger partial charge in [0, 0.05) is 32.7 Å². The van der Waals surface area contributed by atoms with Crippen LogP contribution in [0.15, 0.2) is 109 Å². The first-order valence-electron chi connectivity index (χ1n) is 21.4. The van der Waals surface area contributed by atoms with Gasteiger partial charge in [0.05, 0.1) is 22.4 Å². The minimum Gasteiger partial charge on any atom is -0.309 e. The van der Waals surface area contributed by atoms with E-state index in [9.17, 15) is 9.59 Å². The summed E-state index contributed by atoms with van der Waals surface area (Å²) in [5.41, 5.74) is 9.55. The summed E-state index contributed by atoms with van der Waals surface area (Å²) in [5.74, 6) is -0.551. The number of anilines is 1. The maximum atomic E-state index is 14.9. The monoisotopic (exact) mass is 786 g/mol. The molecule has 0 aliphatic carbocycles. The quantitative estimate of drug-likeness (QED) is 0.0995. The van der Waals surface area contributed by atoms with Gasteiger partial charge in [-0.05, 0) is 125 Å². The van der Waals surface area contributed by atoms with Crippen molar-refractivity contribution >= 4 is 82.4 Å². The second kappa shape index (κ2) is 12.3. The van der Waals surface area contributed by atoms with E-state index in [1.54, 1.807) is 0 Å². The first-order chi connectivity index (χ1) is 28.1. The van der Waals surface area contributed by atoms with Crippen LogP contribution in [0.4, 0.5) is 5.69 Å². The number of carbonyl (C=O) groups is 2. The predicted molar refractivity (Wildman–Crippen MR) is 254 cm³/mol. The molecule has 0 bridgehead atoms. The number of fused-ring (bicyclic) bond motifs is 5. The lowest BCUT2D eigenvalue weighted by Crippen LogP contribution is -2.42. The molecule has 1 aliphatic heterocycles. The highest BCUT2D eigenvalue weighted by atomic mass is 16.2. The number of carbonyl (C=O) groups excluding carboxylic acids is 2. The maximum Gasteiger partial charge on any atom is 0.265 e. The van der Waals surface area contributed by atoms with Gasteiger partial charge in [-0.15, -0.1) is 0 Å². The van der Waals surface area contributed by atoms with Crippen LogP contribution in [0.3, 0.4) is 0 Å². The normalized spacial score (nSPS) is 14.4. The summed E-state index contributed by atoms with van der Waals surface area (Å²) in [4.78, 5) is 31.2. The van der Waals surface area contributed by atoms with Crippen LogP contribution >= 0.6 is 0 Å². The Labute approximate surface area is 353 Å². The molecule has 0 saturated carbocycles. The van der Waals surface area contributed by atoms with Crippen LogP contribution in [-0.2, 0) is 21.7 Å². The Bertz CT molecular complexity index is 3190. The standard InChI is InChI=1S/C56H54N2O2/c1-53(2,3)31-17-25-45-41(28-31)42-29-32(54(4,5)6)18-26-46(42)57(45)44-27-23-35-37-20-22-40-50-39(21-19-36(49(37)50)34-14-13-15-38(44)48(34)35)51(59)58(52(40)60)47-30-33(55(7,8)9)16-24-43(47)56(10,11)12/h13-30H,1-12H3. The molecule has 0 N–H and O–H groups in total. The average molecular weight is 787 g/mol. The van der Waals surface area contributed by atoms with E-state index >= 15 is 0 Å².